The topological polar surface area (TPSA) is 125 Å². The van der Waals surface area contributed by atoms with Crippen LogP contribution in [-0.4, -0.2) is 77.7 Å². The SMILES string of the molecule is CC(C)C[C@H](NC(=O)C[N+]1(O)CCOCC1)C(=O)N[C@@H](Cc1ccccc1)C(=O)O. The van der Waals surface area contributed by atoms with E-state index in [1.54, 1.807) is 24.3 Å². The zero-order valence-electron chi connectivity index (χ0n) is 17.5. The van der Waals surface area contributed by atoms with Crippen LogP contribution < -0.4 is 10.6 Å². The number of aliphatic carboxylic acids is 1. The Labute approximate surface area is 176 Å². The molecule has 166 valence electrons. The number of ether oxygens (including phenoxy) is 1. The number of amides is 2. The Balaban J connectivity index is 2.02. The van der Waals surface area contributed by atoms with Crippen LogP contribution in [0, 0.1) is 5.92 Å². The molecule has 1 heterocycles. The van der Waals surface area contributed by atoms with Gasteiger partial charge in [0, 0.05) is 6.42 Å². The Bertz CT molecular complexity index is 719. The fraction of sp³-hybridized carbons (Fsp3) is 0.571. The number of morpholine rings is 1. The average molecular weight is 423 g/mol. The molecule has 0 saturated carbocycles. The van der Waals surface area contributed by atoms with Crippen molar-refractivity contribution < 1.29 is 34.1 Å². The number of carbonyl (C=O) groups is 3. The zero-order chi connectivity index (χ0) is 22.1. The van der Waals surface area contributed by atoms with Crippen LogP contribution in [0.25, 0.3) is 0 Å². The van der Waals surface area contributed by atoms with Crippen LogP contribution in [0.15, 0.2) is 30.3 Å². The van der Waals surface area contributed by atoms with Gasteiger partial charge in [-0.05, 0) is 17.9 Å². The summed E-state index contributed by atoms with van der Waals surface area (Å²) in [5, 5.41) is 25.2. The van der Waals surface area contributed by atoms with Crippen molar-refractivity contribution in [1.29, 1.82) is 0 Å². The van der Waals surface area contributed by atoms with Crippen LogP contribution >= 0.6 is 0 Å². The molecule has 2 rings (SSSR count). The first-order chi connectivity index (χ1) is 14.2. The van der Waals surface area contributed by atoms with Gasteiger partial charge < -0.3 is 20.5 Å². The number of rotatable bonds is 10. The Kier molecular flexibility index (Phi) is 8.76. The van der Waals surface area contributed by atoms with Crippen LogP contribution in [0.5, 0.6) is 0 Å². The number of nitrogens with one attached hydrogen (secondary N) is 2. The molecule has 2 atom stereocenters. The normalized spacial score (nSPS) is 17.7. The summed E-state index contributed by atoms with van der Waals surface area (Å²) in [6.45, 7) is 4.95. The van der Waals surface area contributed by atoms with Crippen molar-refractivity contribution in [2.24, 2.45) is 5.92 Å². The van der Waals surface area contributed by atoms with Gasteiger partial charge >= 0.3 is 5.97 Å². The Morgan fingerprint density at radius 3 is 2.27 bits per heavy atom. The highest BCUT2D eigenvalue weighted by Crippen LogP contribution is 2.10. The van der Waals surface area contributed by atoms with Gasteiger partial charge in [0.15, 0.2) is 6.54 Å². The number of nitrogens with zero attached hydrogens (tertiary/aromatic N) is 1. The number of carboxylic acid groups (broad SMARTS) is 1. The van der Waals surface area contributed by atoms with E-state index in [1.807, 2.05) is 19.9 Å². The smallest absolute Gasteiger partial charge is 0.326 e. The van der Waals surface area contributed by atoms with Crippen molar-refractivity contribution in [3.63, 3.8) is 0 Å². The number of hydrogen-bond donors (Lipinski definition) is 4. The first-order valence-electron chi connectivity index (χ1n) is 10.2. The Morgan fingerprint density at radius 2 is 1.70 bits per heavy atom. The lowest BCUT2D eigenvalue weighted by molar-refractivity contribution is -1.10. The van der Waals surface area contributed by atoms with Gasteiger partial charge in [0.1, 0.15) is 25.2 Å². The van der Waals surface area contributed by atoms with Crippen molar-refractivity contribution in [1.82, 2.24) is 10.6 Å². The molecule has 0 bridgehead atoms. The van der Waals surface area contributed by atoms with Crippen LogP contribution in [0.2, 0.25) is 0 Å². The molecule has 0 unspecified atom stereocenters. The van der Waals surface area contributed by atoms with Gasteiger partial charge in [0.05, 0.1) is 13.2 Å². The predicted octanol–water partition coefficient (Wildman–Crippen LogP) is 0.566. The lowest BCUT2D eigenvalue weighted by Gasteiger charge is -2.33. The Morgan fingerprint density at radius 1 is 1.07 bits per heavy atom. The maximum atomic E-state index is 12.8. The molecule has 2 amide bonds. The molecule has 30 heavy (non-hydrogen) atoms. The number of hydroxylamine groups is 3. The quantitative estimate of drug-likeness (QED) is 0.409. The summed E-state index contributed by atoms with van der Waals surface area (Å²) in [5.41, 5.74) is 0.786. The van der Waals surface area contributed by atoms with E-state index in [1.165, 1.54) is 0 Å². The Hall–Kier alpha value is -2.49. The highest BCUT2D eigenvalue weighted by atomic mass is 16.6. The van der Waals surface area contributed by atoms with Crippen LogP contribution in [0.1, 0.15) is 25.8 Å². The van der Waals surface area contributed by atoms with Crippen molar-refractivity contribution in [3.8, 4) is 0 Å². The van der Waals surface area contributed by atoms with Gasteiger partial charge in [-0.3, -0.25) is 9.59 Å². The molecule has 1 aliphatic rings. The minimum absolute atomic E-state index is 0.0964. The number of quaternary nitrogens is 1. The number of hydrogen-bond acceptors (Lipinski definition) is 5. The fourth-order valence-corrected chi connectivity index (χ4v) is 3.37. The van der Waals surface area contributed by atoms with E-state index in [-0.39, 0.29) is 18.9 Å². The van der Waals surface area contributed by atoms with E-state index in [0.29, 0.717) is 32.7 Å². The average Bonchev–Trinajstić information content (AvgIpc) is 2.67. The minimum atomic E-state index is -1.14. The largest absolute Gasteiger partial charge is 0.480 e. The summed E-state index contributed by atoms with van der Waals surface area (Å²) >= 11 is 0. The fourth-order valence-electron chi connectivity index (χ4n) is 3.37. The third-order valence-electron chi connectivity index (χ3n) is 5.00. The predicted molar refractivity (Wildman–Crippen MR) is 109 cm³/mol. The first-order valence-corrected chi connectivity index (χ1v) is 10.2. The van der Waals surface area contributed by atoms with Crippen molar-refractivity contribution in [2.45, 2.75) is 38.8 Å². The molecule has 4 N–H and O–H groups in total. The second-order valence-corrected chi connectivity index (χ2v) is 8.15. The molecule has 1 aliphatic heterocycles. The van der Waals surface area contributed by atoms with Crippen LogP contribution in [-0.2, 0) is 25.5 Å². The summed E-state index contributed by atoms with van der Waals surface area (Å²) in [5.74, 6) is -2.06. The molecule has 1 saturated heterocycles. The molecule has 0 spiro atoms. The minimum Gasteiger partial charge on any atom is -0.480 e. The molecular weight excluding hydrogens is 390 g/mol. The second-order valence-electron chi connectivity index (χ2n) is 8.15. The van der Waals surface area contributed by atoms with Crippen molar-refractivity contribution in [2.75, 3.05) is 32.8 Å². The van der Waals surface area contributed by atoms with E-state index < -0.39 is 34.5 Å². The number of carbonyl (C=O) groups excluding carboxylic acids is 2. The molecule has 1 fully saturated rings. The van der Waals surface area contributed by atoms with Gasteiger partial charge in [-0.2, -0.15) is 4.65 Å². The number of benzene rings is 1. The third-order valence-corrected chi connectivity index (χ3v) is 5.00. The maximum absolute atomic E-state index is 12.8. The van der Waals surface area contributed by atoms with Crippen molar-refractivity contribution >= 4 is 17.8 Å². The second kappa shape index (κ2) is 11.1. The molecule has 9 nitrogen and oxygen atoms in total. The van der Waals surface area contributed by atoms with E-state index >= 15 is 0 Å². The van der Waals surface area contributed by atoms with E-state index in [0.717, 1.165) is 5.56 Å². The highest BCUT2D eigenvalue weighted by Gasteiger charge is 2.34. The molecule has 1 aromatic carbocycles. The number of carboxylic acids is 1. The van der Waals surface area contributed by atoms with Gasteiger partial charge in [-0.15, -0.1) is 0 Å². The zero-order valence-corrected chi connectivity index (χ0v) is 17.5. The highest BCUT2D eigenvalue weighted by molar-refractivity contribution is 5.90. The molecule has 0 radical (unpaired) electrons. The van der Waals surface area contributed by atoms with Gasteiger partial charge in [0.2, 0.25) is 5.91 Å². The van der Waals surface area contributed by atoms with Gasteiger partial charge in [-0.1, -0.05) is 44.2 Å². The molecule has 0 aliphatic carbocycles. The summed E-state index contributed by atoms with van der Waals surface area (Å²) < 4.78 is 4.77. The standard InChI is InChI=1S/C21H31N3O6/c1-15(2)12-17(22-19(25)14-24(29)8-10-30-11-9-24)20(26)23-18(21(27)28)13-16-6-4-3-5-7-16/h3-7,15,17-18,29H,8-14H2,1-2H3,(H2-,22,23,25,26,27,28)/p+1/t17-,18-/m0/s1. The van der Waals surface area contributed by atoms with Gasteiger partial charge in [0.25, 0.3) is 5.91 Å². The summed E-state index contributed by atoms with van der Waals surface area (Å²) in [6.07, 6.45) is 0.491. The first kappa shape index (κ1) is 23.8. The van der Waals surface area contributed by atoms with E-state index in [2.05, 4.69) is 10.6 Å². The van der Waals surface area contributed by atoms with Crippen molar-refractivity contribution in [3.05, 3.63) is 35.9 Å². The lowest BCUT2D eigenvalue weighted by Crippen LogP contribution is -2.59. The van der Waals surface area contributed by atoms with Gasteiger partial charge in [-0.25, -0.2) is 10.0 Å². The molecular formula is C21H32N3O6+. The lowest BCUT2D eigenvalue weighted by atomic mass is 10.0. The summed E-state index contributed by atoms with van der Waals surface area (Å²) in [6, 6.07) is 7.03. The maximum Gasteiger partial charge on any atom is 0.326 e. The van der Waals surface area contributed by atoms with Crippen LogP contribution in [0.3, 0.4) is 0 Å². The van der Waals surface area contributed by atoms with Crippen LogP contribution in [0.4, 0.5) is 0 Å². The monoisotopic (exact) mass is 422 g/mol. The molecule has 0 aromatic heterocycles. The third kappa shape index (κ3) is 7.74. The van der Waals surface area contributed by atoms with E-state index in [9.17, 15) is 24.7 Å². The summed E-state index contributed by atoms with van der Waals surface area (Å²) in [7, 11) is 0. The summed E-state index contributed by atoms with van der Waals surface area (Å²) in [4.78, 5) is 37.0. The molecule has 9 heteroatoms. The molecule has 1 aromatic rings. The van der Waals surface area contributed by atoms with E-state index in [4.69, 9.17) is 4.74 Å².